The van der Waals surface area contributed by atoms with Crippen molar-refractivity contribution in [3.05, 3.63) is 56.7 Å². The van der Waals surface area contributed by atoms with E-state index in [0.29, 0.717) is 5.82 Å². The van der Waals surface area contributed by atoms with Crippen LogP contribution in [0.3, 0.4) is 0 Å². The van der Waals surface area contributed by atoms with Crippen molar-refractivity contribution < 1.29 is 4.74 Å². The fourth-order valence-corrected chi connectivity index (χ4v) is 2.58. The van der Waals surface area contributed by atoms with Gasteiger partial charge in [0.2, 0.25) is 0 Å². The van der Waals surface area contributed by atoms with Gasteiger partial charge >= 0.3 is 5.69 Å². The fraction of sp³-hybridized carbons (Fsp3) is 0.474. The van der Waals surface area contributed by atoms with Gasteiger partial charge in [-0.15, -0.1) is 0 Å². The smallest absolute Gasteiger partial charge is 0.330 e. The van der Waals surface area contributed by atoms with Crippen molar-refractivity contribution >= 4 is 5.82 Å². The lowest BCUT2D eigenvalue weighted by atomic mass is 10.1. The van der Waals surface area contributed by atoms with E-state index in [1.54, 1.807) is 13.8 Å². The molecule has 0 radical (unpaired) electrons. The predicted octanol–water partition coefficient (Wildman–Crippen LogP) is 3.47. The molecule has 0 saturated heterocycles. The summed E-state index contributed by atoms with van der Waals surface area (Å²) in [5, 5.41) is 3.17. The fourth-order valence-electron chi connectivity index (χ4n) is 2.58. The zero-order valence-electron chi connectivity index (χ0n) is 15.3. The monoisotopic (exact) mass is 345 g/mol. The lowest BCUT2D eigenvalue weighted by Gasteiger charge is -2.17. The largest absolute Gasteiger partial charge is 0.494 e. The summed E-state index contributed by atoms with van der Waals surface area (Å²) in [4.78, 5) is 26.8. The number of aromatic nitrogens is 2. The number of rotatable bonds is 8. The van der Waals surface area contributed by atoms with E-state index in [9.17, 15) is 9.59 Å². The van der Waals surface area contributed by atoms with Gasteiger partial charge in [-0.25, -0.2) is 4.79 Å². The first kappa shape index (κ1) is 18.8. The molecule has 0 spiro atoms. The number of ether oxygens (including phenoxy) is 1. The summed E-state index contributed by atoms with van der Waals surface area (Å²) >= 11 is 0. The first-order valence-electron chi connectivity index (χ1n) is 8.77. The van der Waals surface area contributed by atoms with Gasteiger partial charge in [0.25, 0.3) is 5.56 Å². The number of H-pyrrole nitrogens is 1. The third-order valence-corrected chi connectivity index (χ3v) is 4.00. The molecule has 0 aliphatic carbocycles. The van der Waals surface area contributed by atoms with Gasteiger partial charge in [0.15, 0.2) is 0 Å². The van der Waals surface area contributed by atoms with Crippen LogP contribution in [0.4, 0.5) is 5.82 Å². The van der Waals surface area contributed by atoms with E-state index < -0.39 is 5.69 Å². The van der Waals surface area contributed by atoms with E-state index in [1.165, 1.54) is 10.6 Å². The van der Waals surface area contributed by atoms with Gasteiger partial charge in [0.1, 0.15) is 11.6 Å². The molecule has 0 amide bonds. The Morgan fingerprint density at radius 3 is 2.40 bits per heavy atom. The van der Waals surface area contributed by atoms with Crippen LogP contribution in [0.1, 0.15) is 58.2 Å². The molecule has 1 aromatic heterocycles. The highest BCUT2D eigenvalue weighted by molar-refractivity contribution is 5.38. The standard InChI is InChI=1S/C19H27N3O3/c1-5-6-11-25-16-9-7-15(8-10-16)14(4)20-17-12-18(23)22(13(2)3)19(24)21-17/h7-10,12-14,20H,5-6,11H2,1-4H3,(H,21,24)/t14-/m0/s1. The summed E-state index contributed by atoms with van der Waals surface area (Å²) in [6.45, 7) is 8.42. The maximum atomic E-state index is 12.1. The average Bonchev–Trinajstić information content (AvgIpc) is 2.54. The summed E-state index contributed by atoms with van der Waals surface area (Å²) in [6, 6.07) is 9.00. The van der Waals surface area contributed by atoms with E-state index in [1.807, 2.05) is 31.2 Å². The Hall–Kier alpha value is -2.50. The van der Waals surface area contributed by atoms with Crippen molar-refractivity contribution in [1.29, 1.82) is 0 Å². The van der Waals surface area contributed by atoms with E-state index in [-0.39, 0.29) is 17.6 Å². The molecule has 25 heavy (non-hydrogen) atoms. The van der Waals surface area contributed by atoms with Gasteiger partial charge in [0, 0.05) is 18.2 Å². The van der Waals surface area contributed by atoms with Crippen molar-refractivity contribution in [2.45, 2.75) is 52.6 Å². The third kappa shape index (κ3) is 4.98. The Morgan fingerprint density at radius 1 is 1.16 bits per heavy atom. The zero-order chi connectivity index (χ0) is 18.4. The number of benzene rings is 1. The van der Waals surface area contributed by atoms with E-state index in [0.717, 1.165) is 30.8 Å². The van der Waals surface area contributed by atoms with E-state index in [4.69, 9.17) is 4.74 Å². The lowest BCUT2D eigenvalue weighted by Crippen LogP contribution is -2.36. The van der Waals surface area contributed by atoms with Gasteiger partial charge in [-0.1, -0.05) is 25.5 Å². The van der Waals surface area contributed by atoms with Gasteiger partial charge < -0.3 is 10.1 Å². The molecule has 0 aliphatic rings. The molecule has 1 atom stereocenters. The lowest BCUT2D eigenvalue weighted by molar-refractivity contribution is 0.309. The number of hydrogen-bond acceptors (Lipinski definition) is 4. The van der Waals surface area contributed by atoms with Gasteiger partial charge in [-0.3, -0.25) is 14.3 Å². The Kier molecular flexibility index (Phi) is 6.44. The van der Waals surface area contributed by atoms with E-state index in [2.05, 4.69) is 17.2 Å². The molecule has 136 valence electrons. The molecule has 0 unspecified atom stereocenters. The van der Waals surface area contributed by atoms with Crippen molar-refractivity contribution in [3.8, 4) is 5.75 Å². The molecule has 0 aliphatic heterocycles. The highest BCUT2D eigenvalue weighted by atomic mass is 16.5. The summed E-state index contributed by atoms with van der Waals surface area (Å²) < 4.78 is 6.85. The quantitative estimate of drug-likeness (QED) is 0.718. The number of nitrogens with zero attached hydrogens (tertiary/aromatic N) is 1. The maximum absolute atomic E-state index is 12.1. The molecule has 1 aromatic carbocycles. The minimum Gasteiger partial charge on any atom is -0.494 e. The maximum Gasteiger partial charge on any atom is 0.330 e. The summed E-state index contributed by atoms with van der Waals surface area (Å²) in [7, 11) is 0. The minimum atomic E-state index is -0.406. The molecule has 0 saturated carbocycles. The van der Waals surface area contributed by atoms with Crippen LogP contribution < -0.4 is 21.3 Å². The van der Waals surface area contributed by atoms with Gasteiger partial charge in [-0.05, 0) is 44.9 Å². The summed E-state index contributed by atoms with van der Waals surface area (Å²) in [5.74, 6) is 1.26. The Labute approximate surface area is 147 Å². The number of anilines is 1. The average molecular weight is 345 g/mol. The van der Waals surface area contributed by atoms with Gasteiger partial charge in [0.05, 0.1) is 6.61 Å². The predicted molar refractivity (Wildman–Crippen MR) is 101 cm³/mol. The molecule has 6 nitrogen and oxygen atoms in total. The normalized spacial score (nSPS) is 12.2. The molecule has 6 heteroatoms. The van der Waals surface area contributed by atoms with Crippen LogP contribution in [0, 0.1) is 0 Å². The van der Waals surface area contributed by atoms with Crippen molar-refractivity contribution in [3.63, 3.8) is 0 Å². The Bertz CT molecular complexity index is 760. The second-order valence-corrected chi connectivity index (χ2v) is 6.43. The van der Waals surface area contributed by atoms with Crippen molar-refractivity contribution in [1.82, 2.24) is 9.55 Å². The first-order valence-corrected chi connectivity index (χ1v) is 8.77. The summed E-state index contributed by atoms with van der Waals surface area (Å²) in [5.41, 5.74) is 0.321. The van der Waals surface area contributed by atoms with Crippen LogP contribution in [-0.2, 0) is 0 Å². The third-order valence-electron chi connectivity index (χ3n) is 4.00. The van der Waals surface area contributed by atoms with Gasteiger partial charge in [-0.2, -0.15) is 0 Å². The zero-order valence-corrected chi connectivity index (χ0v) is 15.3. The minimum absolute atomic E-state index is 0.0605. The highest BCUT2D eigenvalue weighted by Gasteiger charge is 2.10. The van der Waals surface area contributed by atoms with Crippen LogP contribution >= 0.6 is 0 Å². The molecule has 0 bridgehead atoms. The highest BCUT2D eigenvalue weighted by Crippen LogP contribution is 2.20. The Balaban J connectivity index is 2.08. The number of nitrogens with one attached hydrogen (secondary N) is 2. The SMILES string of the molecule is CCCCOc1ccc([C@H](C)Nc2cc(=O)n(C(C)C)c(=O)[nH]2)cc1. The van der Waals surface area contributed by atoms with Crippen LogP contribution in [0.5, 0.6) is 5.75 Å². The number of aromatic amines is 1. The van der Waals surface area contributed by atoms with Crippen LogP contribution in [0.25, 0.3) is 0 Å². The molecule has 1 heterocycles. The first-order chi connectivity index (χ1) is 11.9. The molecular weight excluding hydrogens is 318 g/mol. The molecule has 2 aromatic rings. The Morgan fingerprint density at radius 2 is 1.84 bits per heavy atom. The van der Waals surface area contributed by atoms with Crippen LogP contribution in [0.15, 0.2) is 39.9 Å². The van der Waals surface area contributed by atoms with Crippen LogP contribution in [-0.4, -0.2) is 16.2 Å². The van der Waals surface area contributed by atoms with Crippen molar-refractivity contribution in [2.75, 3.05) is 11.9 Å². The number of hydrogen-bond donors (Lipinski definition) is 2. The van der Waals surface area contributed by atoms with Crippen LogP contribution in [0.2, 0.25) is 0 Å². The second kappa shape index (κ2) is 8.55. The van der Waals surface area contributed by atoms with E-state index >= 15 is 0 Å². The molecule has 2 N–H and O–H groups in total. The second-order valence-electron chi connectivity index (χ2n) is 6.43. The molecule has 0 fully saturated rings. The van der Waals surface area contributed by atoms with Crippen molar-refractivity contribution in [2.24, 2.45) is 0 Å². The topological polar surface area (TPSA) is 76.1 Å². The summed E-state index contributed by atoms with van der Waals surface area (Å²) in [6.07, 6.45) is 2.14. The molecular formula is C19H27N3O3. The molecule has 2 rings (SSSR count). The number of unbranched alkanes of at least 4 members (excludes halogenated alkanes) is 1.